The molecule has 0 aliphatic carbocycles. The fourth-order valence-corrected chi connectivity index (χ4v) is 7.99. The fourth-order valence-electron chi connectivity index (χ4n) is 5.67. The predicted octanol–water partition coefficient (Wildman–Crippen LogP) is 6.87. The molecule has 0 unspecified atom stereocenters. The van der Waals surface area contributed by atoms with Gasteiger partial charge in [0.1, 0.15) is 11.5 Å². The summed E-state index contributed by atoms with van der Waals surface area (Å²) < 4.78 is 14.0. The summed E-state index contributed by atoms with van der Waals surface area (Å²) in [5.74, 6) is 1.75. The highest BCUT2D eigenvalue weighted by molar-refractivity contribution is 6.57. The molecule has 0 amide bonds. The molecule has 6 aromatic rings. The van der Waals surface area contributed by atoms with Crippen molar-refractivity contribution in [3.63, 3.8) is 0 Å². The van der Waals surface area contributed by atoms with Crippen molar-refractivity contribution in [2.24, 2.45) is 0 Å². The van der Waals surface area contributed by atoms with E-state index >= 15 is 0 Å². The Hall–Kier alpha value is -4.81. The molecule has 0 aliphatic rings. The van der Waals surface area contributed by atoms with Crippen LogP contribution in [0.3, 0.4) is 0 Å². The standard InChI is InChI=1S/C26H28N2O2Si.C13H11B/c1-3-29-23-12-8-10-21(18-23)26(28-17-16-27-20-28,31-25-14-6-5-7-15-25)22-11-9-13-24(19-22)30-4-2;14-13(11-7-3-1-4-8-11)12-9-5-2-6-10-12/h5-20H,3-4,31H2,1-2H3;1-10,13H. The molecule has 0 saturated carbocycles. The van der Waals surface area contributed by atoms with Crippen LogP contribution in [0.25, 0.3) is 0 Å². The quantitative estimate of drug-likeness (QED) is 0.151. The van der Waals surface area contributed by atoms with Gasteiger partial charge in [-0.15, -0.1) is 0 Å². The highest BCUT2D eigenvalue weighted by Gasteiger charge is 2.37. The number of imidazole rings is 1. The number of benzene rings is 5. The molecule has 0 spiro atoms. The number of rotatable bonds is 11. The first-order valence-corrected chi connectivity index (χ1v) is 16.9. The van der Waals surface area contributed by atoms with Gasteiger partial charge in [-0.1, -0.05) is 120 Å². The Morgan fingerprint density at radius 1 is 0.667 bits per heavy atom. The van der Waals surface area contributed by atoms with Gasteiger partial charge in [0.2, 0.25) is 0 Å². The van der Waals surface area contributed by atoms with Crippen LogP contribution >= 0.6 is 0 Å². The van der Waals surface area contributed by atoms with Crippen molar-refractivity contribution in [2.45, 2.75) is 24.8 Å². The molecule has 0 saturated heterocycles. The summed E-state index contributed by atoms with van der Waals surface area (Å²) in [5.41, 5.74) is 4.69. The van der Waals surface area contributed by atoms with E-state index in [1.165, 1.54) is 16.3 Å². The molecule has 0 fully saturated rings. The Morgan fingerprint density at radius 3 is 1.60 bits per heavy atom. The Balaban J connectivity index is 0.000000238. The van der Waals surface area contributed by atoms with Crippen molar-refractivity contribution >= 4 is 22.6 Å². The Bertz CT molecular complexity index is 1630. The minimum absolute atomic E-state index is 0.0163. The smallest absolute Gasteiger partial charge is 0.119 e. The van der Waals surface area contributed by atoms with Gasteiger partial charge < -0.3 is 14.0 Å². The molecular formula is C39H39BN2O2Si. The molecule has 6 heteroatoms. The van der Waals surface area contributed by atoms with Gasteiger partial charge in [0.15, 0.2) is 0 Å². The van der Waals surface area contributed by atoms with Gasteiger partial charge in [-0.2, -0.15) is 0 Å². The molecule has 0 atom stereocenters. The maximum Gasteiger partial charge on any atom is 0.119 e. The zero-order chi connectivity index (χ0) is 31.3. The zero-order valence-electron chi connectivity index (χ0n) is 26.0. The second-order valence-corrected chi connectivity index (χ2v) is 12.9. The van der Waals surface area contributed by atoms with Gasteiger partial charge in [-0.3, -0.25) is 0 Å². The van der Waals surface area contributed by atoms with Crippen LogP contribution < -0.4 is 14.7 Å². The number of hydrogen-bond acceptors (Lipinski definition) is 3. The van der Waals surface area contributed by atoms with E-state index in [0.29, 0.717) is 13.2 Å². The normalized spacial score (nSPS) is 11.3. The summed E-state index contributed by atoms with van der Waals surface area (Å²) in [6.07, 6.45) is 5.85. The Morgan fingerprint density at radius 2 is 1.16 bits per heavy atom. The second-order valence-electron chi connectivity index (χ2n) is 10.7. The maximum absolute atomic E-state index is 6.12. The Labute approximate surface area is 271 Å². The van der Waals surface area contributed by atoms with Crippen molar-refractivity contribution in [3.8, 4) is 11.5 Å². The molecule has 1 heterocycles. The van der Waals surface area contributed by atoms with Crippen LogP contribution in [0, 0.1) is 0 Å². The monoisotopic (exact) mass is 606 g/mol. The van der Waals surface area contributed by atoms with E-state index in [9.17, 15) is 0 Å². The van der Waals surface area contributed by atoms with E-state index in [4.69, 9.17) is 17.3 Å². The van der Waals surface area contributed by atoms with Gasteiger partial charge in [0.05, 0.1) is 42.1 Å². The van der Waals surface area contributed by atoms with Crippen LogP contribution in [-0.2, 0) is 5.16 Å². The van der Waals surface area contributed by atoms with Crippen molar-refractivity contribution in [3.05, 3.63) is 181 Å². The van der Waals surface area contributed by atoms with Crippen LogP contribution in [0.15, 0.2) is 158 Å². The van der Waals surface area contributed by atoms with Crippen molar-refractivity contribution in [1.29, 1.82) is 0 Å². The topological polar surface area (TPSA) is 36.3 Å². The van der Waals surface area contributed by atoms with Gasteiger partial charge in [0, 0.05) is 12.4 Å². The molecule has 0 bridgehead atoms. The van der Waals surface area contributed by atoms with E-state index in [0.717, 1.165) is 22.6 Å². The summed E-state index contributed by atoms with van der Waals surface area (Å²) in [7, 11) is 5.20. The summed E-state index contributed by atoms with van der Waals surface area (Å²) in [5, 5.41) is 0.998. The van der Waals surface area contributed by atoms with Crippen LogP contribution in [0.1, 0.15) is 41.9 Å². The van der Waals surface area contributed by atoms with E-state index in [2.05, 4.69) is 107 Å². The first kappa shape index (κ1) is 31.6. The van der Waals surface area contributed by atoms with Crippen LogP contribution in [0.2, 0.25) is 0 Å². The predicted molar refractivity (Wildman–Crippen MR) is 189 cm³/mol. The minimum atomic E-state index is -0.918. The average Bonchev–Trinajstić information content (AvgIpc) is 3.65. The van der Waals surface area contributed by atoms with Crippen molar-refractivity contribution in [2.75, 3.05) is 13.2 Å². The lowest BCUT2D eigenvalue weighted by Crippen LogP contribution is -2.46. The molecule has 6 rings (SSSR count). The van der Waals surface area contributed by atoms with Crippen molar-refractivity contribution in [1.82, 2.24) is 9.55 Å². The molecule has 2 radical (unpaired) electrons. The third kappa shape index (κ3) is 7.83. The number of ether oxygens (including phenoxy) is 2. The molecule has 4 nitrogen and oxygen atoms in total. The maximum atomic E-state index is 6.12. The van der Waals surface area contributed by atoms with Gasteiger partial charge in [0.25, 0.3) is 0 Å². The molecular weight excluding hydrogens is 567 g/mol. The lowest BCUT2D eigenvalue weighted by Gasteiger charge is -2.37. The minimum Gasteiger partial charge on any atom is -0.494 e. The van der Waals surface area contributed by atoms with Gasteiger partial charge in [-0.05, 0) is 66.2 Å². The lowest BCUT2D eigenvalue weighted by atomic mass is 9.76. The molecule has 5 aromatic carbocycles. The third-order valence-corrected chi connectivity index (χ3v) is 10.4. The molecule has 0 N–H and O–H groups in total. The SMILES string of the molecule is CCOc1cccc(C([SiH2]c2ccccc2)(c2cccc(OCC)c2)n2ccnc2)c1.[B]C(c1ccccc1)c1ccccc1. The molecule has 1 aromatic heterocycles. The third-order valence-electron chi connectivity index (χ3n) is 7.81. The first-order valence-electron chi connectivity index (χ1n) is 15.5. The van der Waals surface area contributed by atoms with Gasteiger partial charge >= 0.3 is 0 Å². The largest absolute Gasteiger partial charge is 0.494 e. The van der Waals surface area contributed by atoms with E-state index in [1.807, 2.05) is 74.9 Å². The van der Waals surface area contributed by atoms with Gasteiger partial charge in [-0.25, -0.2) is 4.98 Å². The van der Waals surface area contributed by atoms with E-state index in [-0.39, 0.29) is 11.0 Å². The summed E-state index contributed by atoms with van der Waals surface area (Å²) in [6, 6.07) is 48.0. The average molecular weight is 607 g/mol. The second kappa shape index (κ2) is 15.8. The first-order chi connectivity index (χ1) is 22.1. The van der Waals surface area contributed by atoms with Crippen LogP contribution in [0.4, 0.5) is 0 Å². The number of nitrogens with zero attached hydrogens (tertiary/aromatic N) is 2. The van der Waals surface area contributed by atoms with E-state index in [1.54, 1.807) is 0 Å². The molecule has 0 aliphatic heterocycles. The molecule has 45 heavy (non-hydrogen) atoms. The van der Waals surface area contributed by atoms with E-state index < -0.39 is 9.52 Å². The van der Waals surface area contributed by atoms with Crippen LogP contribution in [-0.4, -0.2) is 40.1 Å². The summed E-state index contributed by atoms with van der Waals surface area (Å²) >= 11 is 0. The van der Waals surface area contributed by atoms with Crippen molar-refractivity contribution < 1.29 is 9.47 Å². The number of aromatic nitrogens is 2. The summed E-state index contributed by atoms with van der Waals surface area (Å²) in [4.78, 5) is 4.42. The zero-order valence-corrected chi connectivity index (χ0v) is 27.4. The highest BCUT2D eigenvalue weighted by Crippen LogP contribution is 2.36. The summed E-state index contributed by atoms with van der Waals surface area (Å²) in [6.45, 7) is 5.30. The highest BCUT2D eigenvalue weighted by atomic mass is 28.2. The lowest BCUT2D eigenvalue weighted by molar-refractivity contribution is 0.338. The number of hydrogen-bond donors (Lipinski definition) is 0. The molecule has 224 valence electrons. The van der Waals surface area contributed by atoms with Crippen LogP contribution in [0.5, 0.6) is 11.5 Å². The fraction of sp³-hybridized carbons (Fsp3) is 0.154. The Kier molecular flexibility index (Phi) is 11.1.